The largest absolute Gasteiger partial charge is 0.419 e. The number of amides is 1. The first kappa shape index (κ1) is 19.4. The van der Waals surface area contributed by atoms with E-state index in [0.717, 1.165) is 31.7 Å². The Morgan fingerprint density at radius 2 is 1.67 bits per heavy atom. The van der Waals surface area contributed by atoms with Crippen molar-refractivity contribution in [2.75, 3.05) is 5.32 Å². The normalized spacial score (nSPS) is 20.3. The van der Waals surface area contributed by atoms with Crippen LogP contribution in [0.5, 0.6) is 0 Å². The number of carbonyl (C=O) groups excluding carboxylic acids is 1. The third-order valence-corrected chi connectivity index (χ3v) is 5.15. The number of benzene rings is 2. The lowest BCUT2D eigenvalue weighted by molar-refractivity contribution is -0.139. The van der Waals surface area contributed by atoms with Crippen molar-refractivity contribution in [3.63, 3.8) is 0 Å². The van der Waals surface area contributed by atoms with Crippen LogP contribution < -0.4 is 5.32 Å². The molecular formula is C21H21F4NO. The van der Waals surface area contributed by atoms with Gasteiger partial charge in [0.25, 0.3) is 0 Å². The molecule has 0 saturated heterocycles. The monoisotopic (exact) mass is 379 g/mol. The maximum atomic E-state index is 13.6. The van der Waals surface area contributed by atoms with E-state index in [4.69, 9.17) is 0 Å². The van der Waals surface area contributed by atoms with E-state index in [9.17, 15) is 22.4 Å². The molecule has 0 heterocycles. The van der Waals surface area contributed by atoms with Crippen LogP contribution in [-0.4, -0.2) is 5.91 Å². The number of carbonyl (C=O) groups is 1. The summed E-state index contributed by atoms with van der Waals surface area (Å²) in [5, 5.41) is 2.51. The molecular weight excluding hydrogens is 358 g/mol. The highest BCUT2D eigenvalue weighted by Crippen LogP contribution is 2.37. The Bertz CT molecular complexity index is 781. The van der Waals surface area contributed by atoms with Crippen LogP contribution in [0.25, 0.3) is 0 Å². The van der Waals surface area contributed by atoms with E-state index in [1.54, 1.807) is 0 Å². The van der Waals surface area contributed by atoms with Gasteiger partial charge in [-0.3, -0.25) is 4.79 Å². The summed E-state index contributed by atoms with van der Waals surface area (Å²) in [6.45, 7) is 0. The van der Waals surface area contributed by atoms with Crippen LogP contribution in [0.15, 0.2) is 48.5 Å². The molecule has 2 aromatic carbocycles. The number of alkyl halides is 3. The Kier molecular flexibility index (Phi) is 5.82. The van der Waals surface area contributed by atoms with Gasteiger partial charge in [0, 0.05) is 12.1 Å². The summed E-state index contributed by atoms with van der Waals surface area (Å²) in [6, 6.07) is 12.7. The second kappa shape index (κ2) is 8.11. The van der Waals surface area contributed by atoms with Crippen LogP contribution in [-0.2, 0) is 11.0 Å². The van der Waals surface area contributed by atoms with Crippen molar-refractivity contribution in [3.8, 4) is 0 Å². The second-order valence-corrected chi connectivity index (χ2v) is 7.07. The Balaban J connectivity index is 1.51. The average Bonchev–Trinajstić information content (AvgIpc) is 2.62. The van der Waals surface area contributed by atoms with Crippen LogP contribution >= 0.6 is 0 Å². The van der Waals surface area contributed by atoms with E-state index >= 15 is 0 Å². The summed E-state index contributed by atoms with van der Waals surface area (Å²) in [5.74, 6) is -0.931. The van der Waals surface area contributed by atoms with Crippen molar-refractivity contribution in [2.24, 2.45) is 5.92 Å². The molecule has 1 saturated carbocycles. The van der Waals surface area contributed by atoms with Crippen LogP contribution in [0.1, 0.15) is 49.1 Å². The zero-order valence-electron chi connectivity index (χ0n) is 14.7. The predicted octanol–water partition coefficient (Wildman–Crippen LogP) is 6.15. The highest BCUT2D eigenvalue weighted by molar-refractivity contribution is 5.90. The van der Waals surface area contributed by atoms with Gasteiger partial charge in [-0.2, -0.15) is 13.2 Å². The Labute approximate surface area is 155 Å². The minimum absolute atomic E-state index is 0.0449. The number of anilines is 1. The lowest BCUT2D eigenvalue weighted by Crippen LogP contribution is -2.20. The molecule has 0 unspecified atom stereocenters. The first-order chi connectivity index (χ1) is 12.8. The van der Waals surface area contributed by atoms with Gasteiger partial charge in [-0.05, 0) is 61.3 Å². The first-order valence-corrected chi connectivity index (χ1v) is 9.04. The molecule has 2 nitrogen and oxygen atoms in total. The van der Waals surface area contributed by atoms with E-state index in [1.165, 1.54) is 5.56 Å². The fourth-order valence-electron chi connectivity index (χ4n) is 3.72. The summed E-state index contributed by atoms with van der Waals surface area (Å²) in [4.78, 5) is 12.2. The van der Waals surface area contributed by atoms with Crippen LogP contribution in [0.3, 0.4) is 0 Å². The molecule has 144 valence electrons. The van der Waals surface area contributed by atoms with Crippen molar-refractivity contribution >= 4 is 11.6 Å². The molecule has 0 bridgehead atoms. The van der Waals surface area contributed by atoms with Gasteiger partial charge < -0.3 is 5.32 Å². The Morgan fingerprint density at radius 3 is 2.26 bits per heavy atom. The molecule has 1 amide bonds. The van der Waals surface area contributed by atoms with Crippen molar-refractivity contribution in [3.05, 3.63) is 65.5 Å². The molecule has 0 spiro atoms. The quantitative estimate of drug-likeness (QED) is 0.635. The molecule has 1 fully saturated rings. The summed E-state index contributed by atoms with van der Waals surface area (Å²) < 4.78 is 51.3. The Hall–Kier alpha value is -2.37. The number of rotatable bonds is 4. The van der Waals surface area contributed by atoms with Gasteiger partial charge in [0.1, 0.15) is 5.82 Å². The summed E-state index contributed by atoms with van der Waals surface area (Å²) in [7, 11) is 0. The van der Waals surface area contributed by atoms with Gasteiger partial charge >= 0.3 is 6.18 Å². The molecule has 2 aromatic rings. The minimum Gasteiger partial charge on any atom is -0.326 e. The van der Waals surface area contributed by atoms with Crippen LogP contribution in [0.2, 0.25) is 0 Å². The van der Waals surface area contributed by atoms with Crippen LogP contribution in [0, 0.1) is 11.7 Å². The number of hydrogen-bond donors (Lipinski definition) is 1. The third kappa shape index (κ3) is 5.08. The fourth-order valence-corrected chi connectivity index (χ4v) is 3.72. The lowest BCUT2D eigenvalue weighted by Gasteiger charge is -2.28. The second-order valence-electron chi connectivity index (χ2n) is 7.07. The molecule has 0 radical (unpaired) electrons. The third-order valence-electron chi connectivity index (χ3n) is 5.15. The first-order valence-electron chi connectivity index (χ1n) is 9.04. The lowest BCUT2D eigenvalue weighted by atomic mass is 9.77. The molecule has 0 atom stereocenters. The summed E-state index contributed by atoms with van der Waals surface area (Å²) in [6.07, 6.45) is -0.579. The maximum Gasteiger partial charge on any atom is 0.419 e. The highest BCUT2D eigenvalue weighted by atomic mass is 19.4. The van der Waals surface area contributed by atoms with Gasteiger partial charge in [0.05, 0.1) is 5.56 Å². The molecule has 0 aromatic heterocycles. The van der Waals surface area contributed by atoms with Crippen molar-refractivity contribution < 1.29 is 22.4 Å². The SMILES string of the molecule is O=C(CC1CCC(c2ccccc2)CC1)Nc1ccc(C(F)(F)F)c(F)c1. The van der Waals surface area contributed by atoms with Crippen molar-refractivity contribution in [1.29, 1.82) is 0 Å². The van der Waals surface area contributed by atoms with Gasteiger partial charge in [0.2, 0.25) is 5.91 Å². The molecule has 27 heavy (non-hydrogen) atoms. The van der Waals surface area contributed by atoms with E-state index in [-0.39, 0.29) is 17.5 Å². The summed E-state index contributed by atoms with van der Waals surface area (Å²) in [5.41, 5.74) is 0.0313. The number of nitrogens with one attached hydrogen (secondary N) is 1. The standard InChI is InChI=1S/C21H21F4NO/c22-19-13-17(10-11-18(19)21(23,24)25)26-20(27)12-14-6-8-16(9-7-14)15-4-2-1-3-5-15/h1-5,10-11,13-14,16H,6-9,12H2,(H,26,27). The maximum absolute atomic E-state index is 13.6. The molecule has 6 heteroatoms. The van der Waals surface area contributed by atoms with E-state index in [2.05, 4.69) is 17.4 Å². The van der Waals surface area contributed by atoms with Gasteiger partial charge in [0.15, 0.2) is 0 Å². The van der Waals surface area contributed by atoms with E-state index in [0.29, 0.717) is 24.5 Å². The topological polar surface area (TPSA) is 29.1 Å². The highest BCUT2D eigenvalue weighted by Gasteiger charge is 2.34. The van der Waals surface area contributed by atoms with E-state index in [1.807, 2.05) is 18.2 Å². The zero-order chi connectivity index (χ0) is 19.4. The molecule has 1 aliphatic carbocycles. The van der Waals surface area contributed by atoms with E-state index < -0.39 is 17.6 Å². The smallest absolute Gasteiger partial charge is 0.326 e. The summed E-state index contributed by atoms with van der Waals surface area (Å²) >= 11 is 0. The zero-order valence-corrected chi connectivity index (χ0v) is 14.7. The fraction of sp³-hybridized carbons (Fsp3) is 0.381. The van der Waals surface area contributed by atoms with Crippen LogP contribution in [0.4, 0.5) is 23.2 Å². The predicted molar refractivity (Wildman–Crippen MR) is 95.8 cm³/mol. The van der Waals surface area contributed by atoms with Gasteiger partial charge in [-0.15, -0.1) is 0 Å². The number of hydrogen-bond acceptors (Lipinski definition) is 1. The number of halogens is 4. The molecule has 1 N–H and O–H groups in total. The van der Waals surface area contributed by atoms with Gasteiger partial charge in [-0.1, -0.05) is 30.3 Å². The molecule has 1 aliphatic rings. The average molecular weight is 379 g/mol. The van der Waals surface area contributed by atoms with Crippen molar-refractivity contribution in [1.82, 2.24) is 0 Å². The van der Waals surface area contributed by atoms with Gasteiger partial charge in [-0.25, -0.2) is 4.39 Å². The minimum atomic E-state index is -4.75. The Morgan fingerprint density at radius 1 is 1.00 bits per heavy atom. The molecule has 3 rings (SSSR count). The molecule has 0 aliphatic heterocycles. The van der Waals surface area contributed by atoms with Crippen molar-refractivity contribution in [2.45, 2.75) is 44.2 Å².